The third-order valence-corrected chi connectivity index (χ3v) is 5.62. The monoisotopic (exact) mass is 415 g/mol. The van der Waals surface area contributed by atoms with Crippen LogP contribution in [0.15, 0.2) is 108 Å². The number of carbonyl (C=O) groups is 1. The second-order valence-electron chi connectivity index (χ2n) is 7.53. The van der Waals surface area contributed by atoms with E-state index in [1.807, 2.05) is 83.4 Å². The zero-order valence-electron chi connectivity index (χ0n) is 17.0. The number of ketones is 1. The third kappa shape index (κ3) is 2.83. The molecule has 0 spiro atoms. The lowest BCUT2D eigenvalue weighted by Crippen LogP contribution is -2.06. The van der Waals surface area contributed by atoms with Crippen molar-refractivity contribution in [1.29, 1.82) is 0 Å². The Morgan fingerprint density at radius 3 is 2.31 bits per heavy atom. The van der Waals surface area contributed by atoms with Crippen molar-refractivity contribution < 1.29 is 9.21 Å². The average Bonchev–Trinajstić information content (AvgIpc) is 3.49. The molecule has 0 unspecified atom stereocenters. The number of hydrogen-bond donors (Lipinski definition) is 0. The Morgan fingerprint density at radius 2 is 1.50 bits per heavy atom. The fourth-order valence-corrected chi connectivity index (χ4v) is 4.14. The van der Waals surface area contributed by atoms with Crippen LogP contribution in [0.2, 0.25) is 0 Å². The summed E-state index contributed by atoms with van der Waals surface area (Å²) < 4.78 is 8.06. The van der Waals surface area contributed by atoms with E-state index in [0.29, 0.717) is 22.7 Å². The molecular weight excluding hydrogens is 398 g/mol. The van der Waals surface area contributed by atoms with Gasteiger partial charge < -0.3 is 4.42 Å². The molecule has 6 aromatic rings. The molecule has 0 amide bonds. The topological polar surface area (TPSA) is 60.9 Å². The van der Waals surface area contributed by atoms with Gasteiger partial charge in [-0.3, -0.25) is 9.36 Å². The summed E-state index contributed by atoms with van der Waals surface area (Å²) in [6.07, 6.45) is 1.64. The molecule has 5 heteroatoms. The van der Waals surface area contributed by atoms with E-state index in [0.717, 1.165) is 21.7 Å². The van der Waals surface area contributed by atoms with Crippen LogP contribution in [-0.2, 0) is 0 Å². The van der Waals surface area contributed by atoms with Crippen LogP contribution >= 0.6 is 0 Å². The van der Waals surface area contributed by atoms with Gasteiger partial charge >= 0.3 is 0 Å². The highest BCUT2D eigenvalue weighted by Gasteiger charge is 2.26. The lowest BCUT2D eigenvalue weighted by Gasteiger charge is -2.09. The fourth-order valence-electron chi connectivity index (χ4n) is 4.14. The van der Waals surface area contributed by atoms with E-state index in [1.165, 1.54) is 0 Å². The molecular formula is C27H17N3O2. The second kappa shape index (κ2) is 7.32. The number of benzene rings is 4. The van der Waals surface area contributed by atoms with Gasteiger partial charge in [-0.1, -0.05) is 91.0 Å². The minimum atomic E-state index is -0.186. The summed E-state index contributed by atoms with van der Waals surface area (Å²) in [5.41, 5.74) is 2.75. The number of hydrogen-bond acceptors (Lipinski definition) is 4. The molecule has 0 fully saturated rings. The van der Waals surface area contributed by atoms with Crippen LogP contribution in [0.25, 0.3) is 38.8 Å². The maximum Gasteiger partial charge on any atom is 0.230 e. The number of furan rings is 1. The van der Waals surface area contributed by atoms with E-state index < -0.39 is 0 Å². The lowest BCUT2D eigenvalue weighted by atomic mass is 10.0. The van der Waals surface area contributed by atoms with Crippen molar-refractivity contribution in [2.24, 2.45) is 0 Å². The number of rotatable bonds is 4. The summed E-state index contributed by atoms with van der Waals surface area (Å²) in [6.45, 7) is 0. The van der Waals surface area contributed by atoms with E-state index in [-0.39, 0.29) is 11.5 Å². The molecule has 6 rings (SSSR count). The first-order valence-electron chi connectivity index (χ1n) is 10.3. The molecule has 0 aliphatic rings. The average molecular weight is 415 g/mol. The Kier molecular flexibility index (Phi) is 4.18. The molecule has 0 saturated heterocycles. The van der Waals surface area contributed by atoms with Gasteiger partial charge in [-0.2, -0.15) is 0 Å². The third-order valence-electron chi connectivity index (χ3n) is 5.62. The van der Waals surface area contributed by atoms with Gasteiger partial charge in [-0.25, -0.2) is 0 Å². The van der Waals surface area contributed by atoms with Crippen LogP contribution in [0.4, 0.5) is 0 Å². The van der Waals surface area contributed by atoms with Crippen molar-refractivity contribution in [3.8, 4) is 17.1 Å². The Labute approximate surface area is 183 Å². The SMILES string of the molecule is O=C(c1ccccc1)c1oc2ccc3ccccc3c2c1-n1cnnc1-c1ccccc1. The summed E-state index contributed by atoms with van der Waals surface area (Å²) in [5, 5.41) is 11.5. The Hall–Kier alpha value is -4.51. The predicted octanol–water partition coefficient (Wildman–Crippen LogP) is 6.06. The first-order valence-corrected chi connectivity index (χ1v) is 10.3. The van der Waals surface area contributed by atoms with Gasteiger partial charge in [0.1, 0.15) is 17.6 Å². The molecule has 0 aliphatic carbocycles. The second-order valence-corrected chi connectivity index (χ2v) is 7.53. The highest BCUT2D eigenvalue weighted by atomic mass is 16.3. The van der Waals surface area contributed by atoms with E-state index in [2.05, 4.69) is 16.3 Å². The molecule has 4 aromatic carbocycles. The van der Waals surface area contributed by atoms with Gasteiger partial charge in [0.2, 0.25) is 5.78 Å². The molecule has 32 heavy (non-hydrogen) atoms. The quantitative estimate of drug-likeness (QED) is 0.328. The molecule has 0 saturated carbocycles. The van der Waals surface area contributed by atoms with Crippen molar-refractivity contribution in [2.45, 2.75) is 0 Å². The predicted molar refractivity (Wildman–Crippen MR) is 124 cm³/mol. The van der Waals surface area contributed by atoms with Crippen LogP contribution in [0.3, 0.4) is 0 Å². The standard InChI is InChI=1S/C27H17N3O2/c31-25(19-10-3-1-4-11-19)26-24(30-17-28-29-27(30)20-12-5-2-6-13-20)23-21-14-8-7-9-18(21)15-16-22(23)32-26/h1-17H. The van der Waals surface area contributed by atoms with Crippen molar-refractivity contribution in [1.82, 2.24) is 14.8 Å². The maximum absolute atomic E-state index is 13.6. The summed E-state index contributed by atoms with van der Waals surface area (Å²) >= 11 is 0. The van der Waals surface area contributed by atoms with Crippen LogP contribution in [0, 0.1) is 0 Å². The van der Waals surface area contributed by atoms with Gasteiger partial charge in [-0.05, 0) is 16.8 Å². The number of fused-ring (bicyclic) bond motifs is 3. The Bertz CT molecular complexity index is 1580. The van der Waals surface area contributed by atoms with Crippen molar-refractivity contribution in [3.63, 3.8) is 0 Å². The van der Waals surface area contributed by atoms with Gasteiger partial charge in [0.05, 0.1) is 5.39 Å². The van der Waals surface area contributed by atoms with Crippen LogP contribution < -0.4 is 0 Å². The number of nitrogens with zero attached hydrogens (tertiary/aromatic N) is 3. The zero-order valence-corrected chi connectivity index (χ0v) is 17.0. The van der Waals surface area contributed by atoms with Crippen molar-refractivity contribution in [3.05, 3.63) is 115 Å². The molecule has 0 aliphatic heterocycles. The molecule has 2 aromatic heterocycles. The highest BCUT2D eigenvalue weighted by Crippen LogP contribution is 2.37. The smallest absolute Gasteiger partial charge is 0.230 e. The minimum absolute atomic E-state index is 0.186. The van der Waals surface area contributed by atoms with E-state index in [1.54, 1.807) is 18.5 Å². The van der Waals surface area contributed by atoms with Crippen LogP contribution in [0.5, 0.6) is 0 Å². The first-order chi connectivity index (χ1) is 15.8. The van der Waals surface area contributed by atoms with Crippen LogP contribution in [0.1, 0.15) is 16.1 Å². The summed E-state index contributed by atoms with van der Waals surface area (Å²) in [7, 11) is 0. The Morgan fingerprint density at radius 1 is 0.781 bits per heavy atom. The van der Waals surface area contributed by atoms with Gasteiger partial charge in [-0.15, -0.1) is 10.2 Å². The lowest BCUT2D eigenvalue weighted by molar-refractivity contribution is 0.101. The molecule has 152 valence electrons. The first kappa shape index (κ1) is 18.3. The molecule has 0 N–H and O–H groups in total. The number of carbonyl (C=O) groups excluding carboxylic acids is 1. The largest absolute Gasteiger partial charge is 0.450 e. The Balaban J connectivity index is 1.71. The highest BCUT2D eigenvalue weighted by molar-refractivity contribution is 6.18. The molecule has 0 radical (unpaired) electrons. The van der Waals surface area contributed by atoms with E-state index >= 15 is 0 Å². The molecule has 0 atom stereocenters. The van der Waals surface area contributed by atoms with Gasteiger partial charge in [0.25, 0.3) is 0 Å². The maximum atomic E-state index is 13.6. The zero-order chi connectivity index (χ0) is 21.5. The van der Waals surface area contributed by atoms with E-state index in [9.17, 15) is 4.79 Å². The van der Waals surface area contributed by atoms with Gasteiger partial charge in [0, 0.05) is 11.1 Å². The van der Waals surface area contributed by atoms with E-state index in [4.69, 9.17) is 4.42 Å². The summed E-state index contributed by atoms with van der Waals surface area (Å²) in [6, 6.07) is 31.0. The summed E-state index contributed by atoms with van der Waals surface area (Å²) in [4.78, 5) is 13.6. The van der Waals surface area contributed by atoms with Gasteiger partial charge in [0.15, 0.2) is 11.6 Å². The normalized spacial score (nSPS) is 11.2. The summed E-state index contributed by atoms with van der Waals surface area (Å²) in [5.74, 6) is 0.719. The van der Waals surface area contributed by atoms with Crippen molar-refractivity contribution in [2.75, 3.05) is 0 Å². The fraction of sp³-hybridized carbons (Fsp3) is 0. The molecule has 2 heterocycles. The van der Waals surface area contributed by atoms with Crippen LogP contribution in [-0.4, -0.2) is 20.5 Å². The minimum Gasteiger partial charge on any atom is -0.450 e. The van der Waals surface area contributed by atoms with Crippen molar-refractivity contribution >= 4 is 27.5 Å². The molecule has 5 nitrogen and oxygen atoms in total. The molecule has 0 bridgehead atoms. The number of aromatic nitrogens is 3.